The molecule has 0 saturated carbocycles. The highest BCUT2D eigenvalue weighted by atomic mass is 32.2. The average molecular weight is 218 g/mol. The lowest BCUT2D eigenvalue weighted by Crippen LogP contribution is -2.37. The quantitative estimate of drug-likeness (QED) is 0.677. The molecule has 0 spiro atoms. The molecule has 0 saturated heterocycles. The third-order valence-electron chi connectivity index (χ3n) is 2.04. The van der Waals surface area contributed by atoms with Crippen LogP contribution >= 0.6 is 11.8 Å². The van der Waals surface area contributed by atoms with Gasteiger partial charge in [-0.25, -0.2) is 0 Å². The summed E-state index contributed by atoms with van der Waals surface area (Å²) in [7, 11) is 1.35. The van der Waals surface area contributed by atoms with Crippen LogP contribution in [0.2, 0.25) is 0 Å². The average Bonchev–Trinajstić information content (AvgIpc) is 2.00. The van der Waals surface area contributed by atoms with Gasteiger partial charge in [0.15, 0.2) is 0 Å². The third-order valence-corrected chi connectivity index (χ3v) is 3.51. The van der Waals surface area contributed by atoms with E-state index in [1.165, 1.54) is 25.8 Å². The molecule has 0 aliphatic carbocycles. The largest absolute Gasteiger partial charge is 0.468 e. The van der Waals surface area contributed by atoms with E-state index in [0.29, 0.717) is 0 Å². The van der Waals surface area contributed by atoms with E-state index in [-0.39, 0.29) is 11.8 Å². The lowest BCUT2D eigenvalue weighted by Gasteiger charge is -2.30. The number of ketones is 1. The summed E-state index contributed by atoms with van der Waals surface area (Å²) >= 11 is 1.32. The number of hydrogen-bond donors (Lipinski definition) is 0. The lowest BCUT2D eigenvalue weighted by atomic mass is 10.1. The number of Topliss-reactive ketones (excluding diaryl/α,β-unsaturated/α-hetero) is 1. The van der Waals surface area contributed by atoms with Crippen LogP contribution in [0.25, 0.3) is 0 Å². The molecule has 0 fully saturated rings. The van der Waals surface area contributed by atoms with Gasteiger partial charge in [-0.3, -0.25) is 9.59 Å². The van der Waals surface area contributed by atoms with Crippen molar-refractivity contribution < 1.29 is 14.3 Å². The van der Waals surface area contributed by atoms with Crippen molar-refractivity contribution >= 4 is 23.5 Å². The van der Waals surface area contributed by atoms with Crippen molar-refractivity contribution in [2.45, 2.75) is 44.1 Å². The molecule has 0 aromatic carbocycles. The topological polar surface area (TPSA) is 43.4 Å². The molecule has 0 aromatic heterocycles. The van der Waals surface area contributed by atoms with Crippen LogP contribution in [0, 0.1) is 0 Å². The summed E-state index contributed by atoms with van der Waals surface area (Å²) in [6.45, 7) is 8.66. The highest BCUT2D eigenvalue weighted by Gasteiger charge is 2.38. The minimum Gasteiger partial charge on any atom is -0.468 e. The van der Waals surface area contributed by atoms with Gasteiger partial charge < -0.3 is 4.74 Å². The predicted molar refractivity (Wildman–Crippen MR) is 58.4 cm³/mol. The van der Waals surface area contributed by atoms with Crippen molar-refractivity contribution in [3.63, 3.8) is 0 Å². The van der Waals surface area contributed by atoms with Gasteiger partial charge in [0.05, 0.1) is 11.9 Å². The third kappa shape index (κ3) is 3.33. The molecule has 0 heterocycles. The van der Waals surface area contributed by atoms with Gasteiger partial charge in [0, 0.05) is 0 Å². The monoisotopic (exact) mass is 218 g/mol. The second-order valence-corrected chi connectivity index (χ2v) is 6.42. The summed E-state index contributed by atoms with van der Waals surface area (Å²) < 4.78 is 3.42. The highest BCUT2D eigenvalue weighted by Crippen LogP contribution is 2.37. The van der Waals surface area contributed by atoms with E-state index in [4.69, 9.17) is 0 Å². The molecular formula is C10H18O3S. The van der Waals surface area contributed by atoms with E-state index in [1.54, 1.807) is 13.8 Å². The number of hydrogen-bond acceptors (Lipinski definition) is 4. The lowest BCUT2D eigenvalue weighted by molar-refractivity contribution is -0.142. The summed E-state index contributed by atoms with van der Waals surface area (Å²) in [6, 6.07) is 0. The van der Waals surface area contributed by atoms with Crippen LogP contribution in [0.5, 0.6) is 0 Å². The number of thioether (sulfide) groups is 1. The summed E-state index contributed by atoms with van der Waals surface area (Å²) in [5.74, 6) is -0.253. The molecule has 0 unspecified atom stereocenters. The van der Waals surface area contributed by atoms with Gasteiger partial charge in [-0.2, -0.15) is 0 Å². The Labute approximate surface area is 89.6 Å². The van der Waals surface area contributed by atoms with E-state index in [1.807, 2.05) is 13.8 Å². The molecule has 0 N–H and O–H groups in total. The predicted octanol–water partition coefficient (Wildman–Crippen LogP) is 2.04. The highest BCUT2D eigenvalue weighted by molar-refractivity contribution is 8.03. The van der Waals surface area contributed by atoms with Crippen molar-refractivity contribution in [2.75, 3.05) is 7.11 Å². The Kier molecular flexibility index (Phi) is 4.18. The number of ether oxygens (including phenoxy) is 1. The van der Waals surface area contributed by atoms with E-state index < -0.39 is 9.49 Å². The first-order chi connectivity index (χ1) is 6.13. The second kappa shape index (κ2) is 4.34. The second-order valence-electron chi connectivity index (χ2n) is 4.17. The SMILES string of the molecule is COC(=O)C(C)(C)SC(C)(C)C(C)=O. The zero-order chi connectivity index (χ0) is 11.6. The Hall–Kier alpha value is -0.510. The van der Waals surface area contributed by atoms with Gasteiger partial charge in [0.25, 0.3) is 0 Å². The number of rotatable bonds is 4. The molecule has 0 amide bonds. The minimum absolute atomic E-state index is 0.0551. The summed E-state index contributed by atoms with van der Waals surface area (Å²) in [5, 5.41) is 0. The van der Waals surface area contributed by atoms with E-state index in [2.05, 4.69) is 4.74 Å². The van der Waals surface area contributed by atoms with Gasteiger partial charge >= 0.3 is 5.97 Å². The number of methoxy groups -OCH3 is 1. The summed E-state index contributed by atoms with van der Waals surface area (Å²) in [5.41, 5.74) is 0. The van der Waals surface area contributed by atoms with Crippen LogP contribution in [0.15, 0.2) is 0 Å². The first kappa shape index (κ1) is 13.5. The van der Waals surface area contributed by atoms with E-state index in [9.17, 15) is 9.59 Å². The van der Waals surface area contributed by atoms with Crippen LogP contribution in [0.4, 0.5) is 0 Å². The van der Waals surface area contributed by atoms with Crippen LogP contribution in [-0.4, -0.2) is 28.4 Å². The minimum atomic E-state index is -0.691. The van der Waals surface area contributed by atoms with Gasteiger partial charge in [-0.1, -0.05) is 0 Å². The fourth-order valence-electron chi connectivity index (χ4n) is 0.997. The normalized spacial score (nSPS) is 12.4. The smallest absolute Gasteiger partial charge is 0.321 e. The molecule has 0 radical (unpaired) electrons. The first-order valence-corrected chi connectivity index (χ1v) is 5.25. The maximum Gasteiger partial charge on any atom is 0.321 e. The molecule has 4 heteroatoms. The summed E-state index contributed by atoms with van der Waals surface area (Å²) in [4.78, 5) is 22.7. The Morgan fingerprint density at radius 2 is 1.50 bits per heavy atom. The zero-order valence-corrected chi connectivity index (χ0v) is 10.4. The van der Waals surface area contributed by atoms with Crippen molar-refractivity contribution in [3.8, 4) is 0 Å². The van der Waals surface area contributed by atoms with Crippen LogP contribution in [0.1, 0.15) is 34.6 Å². The Morgan fingerprint density at radius 3 is 1.79 bits per heavy atom. The molecule has 0 aliphatic heterocycles. The molecule has 0 aliphatic rings. The fourth-order valence-corrected chi connectivity index (χ4v) is 2.58. The molecule has 0 rings (SSSR count). The number of carbonyl (C=O) groups excluding carboxylic acids is 2. The molecule has 14 heavy (non-hydrogen) atoms. The Balaban J connectivity index is 4.66. The van der Waals surface area contributed by atoms with E-state index >= 15 is 0 Å². The van der Waals surface area contributed by atoms with Gasteiger partial charge in [0.1, 0.15) is 10.5 Å². The first-order valence-electron chi connectivity index (χ1n) is 4.43. The maximum absolute atomic E-state index is 11.4. The number of carbonyl (C=O) groups is 2. The molecule has 3 nitrogen and oxygen atoms in total. The van der Waals surface area contributed by atoms with Crippen LogP contribution in [0.3, 0.4) is 0 Å². The van der Waals surface area contributed by atoms with Crippen molar-refractivity contribution in [1.29, 1.82) is 0 Å². The van der Waals surface area contributed by atoms with Crippen molar-refractivity contribution in [3.05, 3.63) is 0 Å². The van der Waals surface area contributed by atoms with Crippen molar-refractivity contribution in [1.82, 2.24) is 0 Å². The van der Waals surface area contributed by atoms with Crippen LogP contribution in [-0.2, 0) is 14.3 Å². The molecule has 0 atom stereocenters. The molecular weight excluding hydrogens is 200 g/mol. The Bertz CT molecular complexity index is 244. The Morgan fingerprint density at radius 1 is 1.07 bits per heavy atom. The van der Waals surface area contributed by atoms with E-state index in [0.717, 1.165) is 0 Å². The van der Waals surface area contributed by atoms with Gasteiger partial charge in [0.2, 0.25) is 0 Å². The van der Waals surface area contributed by atoms with Gasteiger partial charge in [-0.15, -0.1) is 11.8 Å². The van der Waals surface area contributed by atoms with Gasteiger partial charge in [-0.05, 0) is 34.6 Å². The van der Waals surface area contributed by atoms with Crippen molar-refractivity contribution in [2.24, 2.45) is 0 Å². The standard InChI is InChI=1S/C10H18O3S/c1-7(11)9(2,3)14-10(4,5)8(12)13-6/h1-6H3. The maximum atomic E-state index is 11.4. The molecule has 82 valence electrons. The molecule has 0 bridgehead atoms. The molecule has 0 aromatic rings. The fraction of sp³-hybridized carbons (Fsp3) is 0.800. The summed E-state index contributed by atoms with van der Waals surface area (Å²) in [6.07, 6.45) is 0. The number of esters is 1. The van der Waals surface area contributed by atoms with Crippen LogP contribution < -0.4 is 0 Å². The zero-order valence-electron chi connectivity index (χ0n) is 9.63.